The van der Waals surface area contributed by atoms with E-state index in [1.807, 2.05) is 0 Å². The summed E-state index contributed by atoms with van der Waals surface area (Å²) in [5, 5.41) is 11.5. The molecule has 20 heavy (non-hydrogen) atoms. The fraction of sp³-hybridized carbons (Fsp3) is 0.538. The number of carboxylic acids is 1. The minimum absolute atomic E-state index is 0.0188. The smallest absolute Gasteiger partial charge is 0.303 e. The number of nitrogens with one attached hydrogen (secondary N) is 1. The second kappa shape index (κ2) is 6.83. The molecule has 1 aromatic heterocycles. The fourth-order valence-corrected chi connectivity index (χ4v) is 1.67. The van der Waals surface area contributed by atoms with Crippen molar-refractivity contribution >= 4 is 17.8 Å². The predicted octanol–water partition coefficient (Wildman–Crippen LogP) is 0.672. The van der Waals surface area contributed by atoms with Crippen molar-refractivity contribution in [2.45, 2.75) is 32.2 Å². The molecule has 7 heteroatoms. The molecular weight excluding hydrogens is 260 g/mol. The first-order valence-corrected chi connectivity index (χ1v) is 6.31. The van der Waals surface area contributed by atoms with E-state index >= 15 is 0 Å². The molecule has 0 bridgehead atoms. The van der Waals surface area contributed by atoms with Crippen LogP contribution in [0.2, 0.25) is 0 Å². The van der Waals surface area contributed by atoms with E-state index in [4.69, 9.17) is 5.11 Å². The van der Waals surface area contributed by atoms with Crippen LogP contribution in [-0.4, -0.2) is 46.1 Å². The van der Waals surface area contributed by atoms with Crippen LogP contribution in [0, 0.1) is 0 Å². The summed E-state index contributed by atoms with van der Waals surface area (Å²) in [4.78, 5) is 32.2. The van der Waals surface area contributed by atoms with Gasteiger partial charge in [0.25, 0.3) is 0 Å². The summed E-state index contributed by atoms with van der Waals surface area (Å²) in [6.45, 7) is 3.71. The van der Waals surface area contributed by atoms with E-state index in [0.29, 0.717) is 12.4 Å². The van der Waals surface area contributed by atoms with Crippen molar-refractivity contribution in [2.75, 3.05) is 18.5 Å². The third kappa shape index (κ3) is 5.64. The van der Waals surface area contributed by atoms with E-state index in [-0.39, 0.29) is 18.9 Å². The summed E-state index contributed by atoms with van der Waals surface area (Å²) in [7, 11) is 1.72. The molecule has 0 unspecified atom stereocenters. The third-order valence-electron chi connectivity index (χ3n) is 2.72. The molecule has 0 aliphatic heterocycles. The van der Waals surface area contributed by atoms with Gasteiger partial charge in [0.05, 0.1) is 6.54 Å². The first-order chi connectivity index (χ1) is 9.30. The van der Waals surface area contributed by atoms with Gasteiger partial charge in [0.1, 0.15) is 0 Å². The van der Waals surface area contributed by atoms with Crippen LogP contribution in [0.5, 0.6) is 0 Å². The van der Waals surface area contributed by atoms with E-state index in [1.165, 1.54) is 0 Å². The number of hydrogen-bond donors (Lipinski definition) is 2. The van der Waals surface area contributed by atoms with Crippen molar-refractivity contribution in [1.82, 2.24) is 15.3 Å². The molecule has 0 aliphatic rings. The Kier molecular flexibility index (Phi) is 5.42. The molecule has 0 saturated heterocycles. The molecule has 0 saturated carbocycles. The predicted molar refractivity (Wildman–Crippen MR) is 74.4 cm³/mol. The Morgan fingerprint density at radius 2 is 1.95 bits per heavy atom. The number of anilines is 1. The molecule has 7 nitrogen and oxygen atoms in total. The van der Waals surface area contributed by atoms with Crippen LogP contribution in [0.4, 0.5) is 5.95 Å². The number of carbonyl (C=O) groups excluding carboxylic acids is 1. The zero-order valence-electron chi connectivity index (χ0n) is 12.0. The van der Waals surface area contributed by atoms with Gasteiger partial charge in [0.2, 0.25) is 11.9 Å². The van der Waals surface area contributed by atoms with Crippen molar-refractivity contribution in [2.24, 2.45) is 0 Å². The second-order valence-electron chi connectivity index (χ2n) is 5.23. The maximum atomic E-state index is 11.9. The van der Waals surface area contributed by atoms with Gasteiger partial charge in [-0.3, -0.25) is 9.59 Å². The van der Waals surface area contributed by atoms with Gasteiger partial charge < -0.3 is 15.3 Å². The van der Waals surface area contributed by atoms with Crippen LogP contribution >= 0.6 is 0 Å². The first-order valence-electron chi connectivity index (χ1n) is 6.31. The molecule has 0 aliphatic carbocycles. The Morgan fingerprint density at radius 3 is 2.50 bits per heavy atom. The molecule has 0 aromatic carbocycles. The van der Waals surface area contributed by atoms with Gasteiger partial charge in [0.15, 0.2) is 0 Å². The van der Waals surface area contributed by atoms with Gasteiger partial charge in [-0.2, -0.15) is 0 Å². The van der Waals surface area contributed by atoms with E-state index < -0.39 is 11.5 Å². The number of aliphatic carboxylic acids is 1. The monoisotopic (exact) mass is 280 g/mol. The first kappa shape index (κ1) is 15.9. The fourth-order valence-electron chi connectivity index (χ4n) is 1.67. The van der Waals surface area contributed by atoms with Crippen molar-refractivity contribution in [3.8, 4) is 0 Å². The van der Waals surface area contributed by atoms with Crippen LogP contribution in [0.3, 0.4) is 0 Å². The molecule has 0 atom stereocenters. The summed E-state index contributed by atoms with van der Waals surface area (Å²) in [5.41, 5.74) is -0.562. The normalized spacial score (nSPS) is 10.9. The zero-order chi connectivity index (χ0) is 15.2. The molecule has 1 heterocycles. The van der Waals surface area contributed by atoms with Crippen molar-refractivity contribution < 1.29 is 14.7 Å². The van der Waals surface area contributed by atoms with E-state index in [1.54, 1.807) is 44.3 Å². The minimum Gasteiger partial charge on any atom is -0.481 e. The van der Waals surface area contributed by atoms with E-state index in [0.717, 1.165) is 0 Å². The van der Waals surface area contributed by atoms with Gasteiger partial charge in [-0.25, -0.2) is 9.97 Å². The Labute approximate surface area is 118 Å². The average Bonchev–Trinajstić information content (AvgIpc) is 2.37. The van der Waals surface area contributed by atoms with Crippen molar-refractivity contribution in [3.05, 3.63) is 18.5 Å². The number of aromatic nitrogens is 2. The largest absolute Gasteiger partial charge is 0.481 e. The van der Waals surface area contributed by atoms with Crippen molar-refractivity contribution in [1.29, 1.82) is 0 Å². The highest BCUT2D eigenvalue weighted by Crippen LogP contribution is 2.11. The van der Waals surface area contributed by atoms with E-state index in [2.05, 4.69) is 15.3 Å². The zero-order valence-corrected chi connectivity index (χ0v) is 12.0. The summed E-state index contributed by atoms with van der Waals surface area (Å²) >= 11 is 0. The summed E-state index contributed by atoms with van der Waals surface area (Å²) in [6.07, 6.45) is 3.60. The van der Waals surface area contributed by atoms with Gasteiger partial charge in [-0.05, 0) is 26.3 Å². The Hall–Kier alpha value is -2.18. The molecule has 1 rings (SSSR count). The van der Waals surface area contributed by atoms with Crippen LogP contribution in [0.15, 0.2) is 18.5 Å². The number of hydrogen-bond acceptors (Lipinski definition) is 5. The number of rotatable bonds is 7. The van der Waals surface area contributed by atoms with Crippen LogP contribution < -0.4 is 10.2 Å². The summed E-state index contributed by atoms with van der Waals surface area (Å²) in [6, 6.07) is 1.70. The Bertz CT molecular complexity index is 462. The number of carbonyl (C=O) groups is 2. The van der Waals surface area contributed by atoms with Crippen molar-refractivity contribution in [3.63, 3.8) is 0 Å². The highest BCUT2D eigenvalue weighted by molar-refractivity contribution is 5.81. The highest BCUT2D eigenvalue weighted by atomic mass is 16.4. The topological polar surface area (TPSA) is 95.4 Å². The van der Waals surface area contributed by atoms with Gasteiger partial charge in [0, 0.05) is 31.4 Å². The molecule has 110 valence electrons. The lowest BCUT2D eigenvalue weighted by Gasteiger charge is -2.27. The maximum absolute atomic E-state index is 11.9. The summed E-state index contributed by atoms with van der Waals surface area (Å²) < 4.78 is 0. The van der Waals surface area contributed by atoms with Gasteiger partial charge >= 0.3 is 5.97 Å². The number of carboxylic acid groups (broad SMARTS) is 1. The van der Waals surface area contributed by atoms with Crippen LogP contribution in [-0.2, 0) is 9.59 Å². The highest BCUT2D eigenvalue weighted by Gasteiger charge is 2.22. The number of nitrogens with zero attached hydrogens (tertiary/aromatic N) is 3. The lowest BCUT2D eigenvalue weighted by molar-refractivity contribution is -0.137. The molecule has 0 spiro atoms. The number of amides is 1. The standard InChI is InChI=1S/C13H20N4O3/c1-13(2,6-5-11(19)20)16-10(18)9-17(3)12-14-7-4-8-15-12/h4,7-8H,5-6,9H2,1-3H3,(H,16,18)(H,19,20). The Balaban J connectivity index is 2.48. The molecule has 1 amide bonds. The Morgan fingerprint density at radius 1 is 1.35 bits per heavy atom. The average molecular weight is 280 g/mol. The molecular formula is C13H20N4O3. The lowest BCUT2D eigenvalue weighted by atomic mass is 9.98. The van der Waals surface area contributed by atoms with Gasteiger partial charge in [-0.15, -0.1) is 0 Å². The van der Waals surface area contributed by atoms with Crippen LogP contribution in [0.1, 0.15) is 26.7 Å². The summed E-state index contributed by atoms with van der Waals surface area (Å²) in [5.74, 6) is -0.608. The molecule has 1 aromatic rings. The van der Waals surface area contributed by atoms with E-state index in [9.17, 15) is 9.59 Å². The second-order valence-corrected chi connectivity index (χ2v) is 5.23. The maximum Gasteiger partial charge on any atom is 0.303 e. The van der Waals surface area contributed by atoms with Crippen LogP contribution in [0.25, 0.3) is 0 Å². The quantitative estimate of drug-likeness (QED) is 0.762. The third-order valence-corrected chi connectivity index (χ3v) is 2.72. The van der Waals surface area contributed by atoms with Gasteiger partial charge in [-0.1, -0.05) is 0 Å². The molecule has 0 radical (unpaired) electrons. The minimum atomic E-state index is -0.873. The molecule has 0 fully saturated rings. The number of likely N-dealkylation sites (N-methyl/N-ethyl adjacent to an activating group) is 1. The SMILES string of the molecule is CN(CC(=O)NC(C)(C)CCC(=O)O)c1ncccn1. The molecule has 2 N–H and O–H groups in total. The lowest BCUT2D eigenvalue weighted by Crippen LogP contribution is -2.47.